The Morgan fingerprint density at radius 1 is 1.06 bits per heavy atom. The second-order valence-corrected chi connectivity index (χ2v) is 9.49. The number of anilines is 2. The van der Waals surface area contributed by atoms with Crippen LogP contribution in [0.5, 0.6) is 0 Å². The first kappa shape index (κ1) is 21.7. The van der Waals surface area contributed by atoms with Crippen molar-refractivity contribution in [2.24, 2.45) is 0 Å². The molecule has 162 valence electrons. The van der Waals surface area contributed by atoms with Crippen molar-refractivity contribution in [2.75, 3.05) is 23.3 Å². The van der Waals surface area contributed by atoms with Gasteiger partial charge in [-0.25, -0.2) is 0 Å². The van der Waals surface area contributed by atoms with E-state index in [4.69, 9.17) is 11.6 Å². The van der Waals surface area contributed by atoms with Crippen LogP contribution in [0, 0.1) is 13.8 Å². The molecule has 1 fully saturated rings. The summed E-state index contributed by atoms with van der Waals surface area (Å²) in [6.07, 6.45) is 2.26. The Balaban J connectivity index is 1.62. The second kappa shape index (κ2) is 9.32. The molecule has 0 saturated carbocycles. The summed E-state index contributed by atoms with van der Waals surface area (Å²) < 4.78 is 1.97. The molecule has 1 N–H and O–H groups in total. The average molecular weight is 456 g/mol. The number of hydrogen-bond donors (Lipinski definition) is 1. The third-order valence-corrected chi connectivity index (χ3v) is 6.84. The van der Waals surface area contributed by atoms with Crippen LogP contribution in [0.25, 0.3) is 5.69 Å². The Morgan fingerprint density at radius 2 is 1.74 bits per heavy atom. The van der Waals surface area contributed by atoms with Gasteiger partial charge in [-0.2, -0.15) is 0 Å². The van der Waals surface area contributed by atoms with Gasteiger partial charge in [-0.05, 0) is 56.9 Å². The Labute approximate surface area is 192 Å². The SMILES string of the molecule is Cc1cccc(C)c1NC(=O)C(C)Sc1nnc(N2CCCC2)n1-c1ccccc1Cl. The first-order valence-electron chi connectivity index (χ1n) is 10.4. The third-order valence-electron chi connectivity index (χ3n) is 5.48. The predicted molar refractivity (Wildman–Crippen MR) is 128 cm³/mol. The summed E-state index contributed by atoms with van der Waals surface area (Å²) in [5.74, 6) is 0.703. The number of nitrogens with one attached hydrogen (secondary N) is 1. The van der Waals surface area contributed by atoms with E-state index in [1.54, 1.807) is 0 Å². The molecule has 1 aromatic heterocycles. The highest BCUT2D eigenvalue weighted by atomic mass is 35.5. The first-order valence-corrected chi connectivity index (χ1v) is 11.7. The third kappa shape index (κ3) is 4.57. The number of carbonyl (C=O) groups is 1. The van der Waals surface area contributed by atoms with Gasteiger partial charge in [0.2, 0.25) is 11.9 Å². The standard InChI is InChI=1S/C23H26ClN5OS/c1-15-9-8-10-16(2)20(15)25-21(30)17(3)31-23-27-26-22(28-13-6-7-14-28)29(23)19-12-5-4-11-18(19)24/h4-5,8-12,17H,6-7,13-14H2,1-3H3,(H,25,30). The Hall–Kier alpha value is -2.51. The summed E-state index contributed by atoms with van der Waals surface area (Å²) in [4.78, 5) is 15.2. The van der Waals surface area contributed by atoms with E-state index in [0.717, 1.165) is 54.4 Å². The Kier molecular flexibility index (Phi) is 6.53. The van der Waals surface area contributed by atoms with E-state index in [1.807, 2.05) is 67.8 Å². The van der Waals surface area contributed by atoms with Gasteiger partial charge in [-0.3, -0.25) is 9.36 Å². The molecular formula is C23H26ClN5OS. The van der Waals surface area contributed by atoms with Gasteiger partial charge in [-0.15, -0.1) is 10.2 Å². The summed E-state index contributed by atoms with van der Waals surface area (Å²) in [5.41, 5.74) is 3.77. The topological polar surface area (TPSA) is 63.1 Å². The molecule has 2 heterocycles. The smallest absolute Gasteiger partial charge is 0.237 e. The highest BCUT2D eigenvalue weighted by Gasteiger charge is 2.26. The van der Waals surface area contributed by atoms with Gasteiger partial charge in [-0.1, -0.05) is 53.7 Å². The Morgan fingerprint density at radius 3 is 2.42 bits per heavy atom. The van der Waals surface area contributed by atoms with Crippen LogP contribution in [0.1, 0.15) is 30.9 Å². The monoisotopic (exact) mass is 455 g/mol. The van der Waals surface area contributed by atoms with Crippen molar-refractivity contribution in [2.45, 2.75) is 44.0 Å². The number of para-hydroxylation sites is 2. The minimum Gasteiger partial charge on any atom is -0.341 e. The van der Waals surface area contributed by atoms with E-state index in [2.05, 4.69) is 20.4 Å². The summed E-state index contributed by atoms with van der Waals surface area (Å²) in [6.45, 7) is 7.76. The number of amides is 1. The summed E-state index contributed by atoms with van der Waals surface area (Å²) >= 11 is 7.91. The number of benzene rings is 2. The van der Waals surface area contributed by atoms with E-state index in [9.17, 15) is 4.79 Å². The van der Waals surface area contributed by atoms with Crippen LogP contribution in [0.3, 0.4) is 0 Å². The average Bonchev–Trinajstić information content (AvgIpc) is 3.41. The van der Waals surface area contributed by atoms with Crippen molar-refractivity contribution in [1.29, 1.82) is 0 Å². The molecule has 0 radical (unpaired) electrons. The minimum absolute atomic E-state index is 0.0705. The number of aromatic nitrogens is 3. The number of hydrogen-bond acceptors (Lipinski definition) is 5. The van der Waals surface area contributed by atoms with Crippen LogP contribution in [-0.2, 0) is 4.79 Å². The summed E-state index contributed by atoms with van der Waals surface area (Å²) in [6, 6.07) is 13.6. The lowest BCUT2D eigenvalue weighted by molar-refractivity contribution is -0.115. The maximum Gasteiger partial charge on any atom is 0.237 e. The fourth-order valence-electron chi connectivity index (χ4n) is 3.75. The van der Waals surface area contributed by atoms with Crippen molar-refractivity contribution in [1.82, 2.24) is 14.8 Å². The van der Waals surface area contributed by atoms with Crippen molar-refractivity contribution >= 4 is 40.9 Å². The van der Waals surface area contributed by atoms with Crippen molar-refractivity contribution < 1.29 is 4.79 Å². The molecule has 2 aromatic carbocycles. The molecule has 0 spiro atoms. The molecule has 1 saturated heterocycles. The lowest BCUT2D eigenvalue weighted by atomic mass is 10.1. The molecule has 1 amide bonds. The van der Waals surface area contributed by atoms with Gasteiger partial charge in [0, 0.05) is 18.8 Å². The molecule has 1 aliphatic rings. The maximum absolute atomic E-state index is 13.0. The minimum atomic E-state index is -0.365. The molecule has 4 rings (SSSR count). The molecule has 6 nitrogen and oxygen atoms in total. The van der Waals surface area contributed by atoms with Crippen LogP contribution in [0.4, 0.5) is 11.6 Å². The van der Waals surface area contributed by atoms with Gasteiger partial charge in [0.15, 0.2) is 5.16 Å². The zero-order valence-electron chi connectivity index (χ0n) is 17.9. The summed E-state index contributed by atoms with van der Waals surface area (Å²) in [5, 5.41) is 12.9. The number of thioether (sulfide) groups is 1. The van der Waals surface area contributed by atoms with Crippen LogP contribution in [0.15, 0.2) is 47.6 Å². The summed E-state index contributed by atoms with van der Waals surface area (Å²) in [7, 11) is 0. The fourth-order valence-corrected chi connectivity index (χ4v) is 4.83. The molecule has 0 aliphatic carbocycles. The van der Waals surface area contributed by atoms with E-state index in [-0.39, 0.29) is 11.2 Å². The predicted octanol–water partition coefficient (Wildman–Crippen LogP) is 5.26. The van der Waals surface area contributed by atoms with E-state index in [0.29, 0.717) is 10.2 Å². The lowest BCUT2D eigenvalue weighted by Gasteiger charge is -2.20. The zero-order valence-corrected chi connectivity index (χ0v) is 19.5. The van der Waals surface area contributed by atoms with Crippen LogP contribution in [-0.4, -0.2) is 39.0 Å². The van der Waals surface area contributed by atoms with Gasteiger partial charge in [0.1, 0.15) is 0 Å². The number of aryl methyl sites for hydroxylation is 2. The zero-order chi connectivity index (χ0) is 22.0. The maximum atomic E-state index is 13.0. The highest BCUT2D eigenvalue weighted by molar-refractivity contribution is 8.00. The number of carbonyl (C=O) groups excluding carboxylic acids is 1. The molecular weight excluding hydrogens is 430 g/mol. The van der Waals surface area contributed by atoms with Gasteiger partial charge < -0.3 is 10.2 Å². The molecule has 8 heteroatoms. The van der Waals surface area contributed by atoms with Crippen molar-refractivity contribution in [3.05, 3.63) is 58.6 Å². The van der Waals surface area contributed by atoms with Gasteiger partial charge in [0.05, 0.1) is 16.0 Å². The van der Waals surface area contributed by atoms with E-state index >= 15 is 0 Å². The van der Waals surface area contributed by atoms with E-state index < -0.39 is 0 Å². The molecule has 31 heavy (non-hydrogen) atoms. The normalized spacial score (nSPS) is 14.6. The first-order chi connectivity index (χ1) is 15.0. The largest absolute Gasteiger partial charge is 0.341 e. The van der Waals surface area contributed by atoms with Gasteiger partial charge >= 0.3 is 0 Å². The number of rotatable bonds is 6. The van der Waals surface area contributed by atoms with Crippen LogP contribution < -0.4 is 10.2 Å². The van der Waals surface area contributed by atoms with Crippen LogP contribution >= 0.6 is 23.4 Å². The highest BCUT2D eigenvalue weighted by Crippen LogP contribution is 2.33. The molecule has 0 bridgehead atoms. The quantitative estimate of drug-likeness (QED) is 0.514. The van der Waals surface area contributed by atoms with Crippen molar-refractivity contribution in [3.63, 3.8) is 0 Å². The van der Waals surface area contributed by atoms with Gasteiger partial charge in [0.25, 0.3) is 0 Å². The van der Waals surface area contributed by atoms with E-state index in [1.165, 1.54) is 11.8 Å². The molecule has 1 atom stereocenters. The fraction of sp³-hybridized carbons (Fsp3) is 0.348. The molecule has 1 unspecified atom stereocenters. The Bertz CT molecular complexity index is 1070. The van der Waals surface area contributed by atoms with Crippen LogP contribution in [0.2, 0.25) is 5.02 Å². The molecule has 1 aliphatic heterocycles. The number of halogens is 1. The van der Waals surface area contributed by atoms with Crippen molar-refractivity contribution in [3.8, 4) is 5.69 Å². The molecule has 3 aromatic rings. The lowest BCUT2D eigenvalue weighted by Crippen LogP contribution is -2.24. The number of nitrogens with zero attached hydrogens (tertiary/aromatic N) is 4. The second-order valence-electron chi connectivity index (χ2n) is 7.78.